The Kier molecular flexibility index (Phi) is 4.80. The summed E-state index contributed by atoms with van der Waals surface area (Å²) in [5, 5.41) is 15.5. The summed E-state index contributed by atoms with van der Waals surface area (Å²) in [7, 11) is 0. The minimum Gasteiger partial charge on any atom is -0.339 e. The van der Waals surface area contributed by atoms with E-state index in [1.54, 1.807) is 0 Å². The predicted octanol–water partition coefficient (Wildman–Crippen LogP) is 1.79. The molecule has 0 radical (unpaired) electrons. The van der Waals surface area contributed by atoms with Crippen LogP contribution in [0.3, 0.4) is 0 Å². The number of hydrogen-bond acceptors (Lipinski definition) is 7. The van der Waals surface area contributed by atoms with Crippen LogP contribution >= 0.6 is 22.9 Å². The Morgan fingerprint density at radius 1 is 1.47 bits per heavy atom. The van der Waals surface area contributed by atoms with Gasteiger partial charge in [-0.15, -0.1) is 21.8 Å². The largest absolute Gasteiger partial charge is 0.339 e. The molecule has 2 rings (SSSR count). The van der Waals surface area contributed by atoms with E-state index in [0.29, 0.717) is 23.3 Å². The molecule has 0 aliphatic carbocycles. The van der Waals surface area contributed by atoms with E-state index >= 15 is 0 Å². The predicted molar refractivity (Wildman–Crippen MR) is 70.1 cm³/mol. The number of nitrogens with one attached hydrogen (secondary N) is 1. The molecule has 19 heavy (non-hydrogen) atoms. The second kappa shape index (κ2) is 6.58. The Balaban J connectivity index is 1.81. The third-order valence-corrected chi connectivity index (χ3v) is 3.43. The van der Waals surface area contributed by atoms with Gasteiger partial charge < -0.3 is 9.84 Å². The number of nitrogens with zero attached hydrogens (tertiary/aromatic N) is 4. The van der Waals surface area contributed by atoms with Crippen molar-refractivity contribution in [3.8, 4) is 0 Å². The Hall–Kier alpha value is -1.54. The van der Waals surface area contributed by atoms with Gasteiger partial charge in [-0.05, 0) is 6.42 Å². The molecule has 102 valence electrons. The number of hydrogen-bond donors (Lipinski definition) is 1. The summed E-state index contributed by atoms with van der Waals surface area (Å²) in [4.78, 5) is 15.7. The summed E-state index contributed by atoms with van der Waals surface area (Å²) in [6.45, 7) is 1.98. The maximum absolute atomic E-state index is 11.7. The van der Waals surface area contributed by atoms with Crippen LogP contribution in [0.25, 0.3) is 0 Å². The van der Waals surface area contributed by atoms with E-state index < -0.39 is 0 Å². The van der Waals surface area contributed by atoms with Crippen LogP contribution < -0.4 is 5.32 Å². The molecule has 0 aliphatic rings. The zero-order valence-corrected chi connectivity index (χ0v) is 11.8. The minimum absolute atomic E-state index is 0.163. The number of anilines is 1. The third kappa shape index (κ3) is 3.97. The van der Waals surface area contributed by atoms with E-state index in [1.165, 1.54) is 11.3 Å². The molecule has 0 saturated heterocycles. The van der Waals surface area contributed by atoms with Gasteiger partial charge >= 0.3 is 0 Å². The molecule has 1 amide bonds. The third-order valence-electron chi connectivity index (χ3n) is 2.21. The summed E-state index contributed by atoms with van der Waals surface area (Å²) in [5.41, 5.74) is 0. The molecule has 1 N–H and O–H groups in total. The molecule has 0 spiro atoms. The van der Waals surface area contributed by atoms with Crippen molar-refractivity contribution in [3.05, 3.63) is 16.7 Å². The second-order valence-electron chi connectivity index (χ2n) is 3.64. The Morgan fingerprint density at radius 2 is 2.32 bits per heavy atom. The number of carbonyl (C=O) groups excluding carboxylic acids is 1. The molecular formula is C10H12ClN5O2S. The molecule has 0 fully saturated rings. The van der Waals surface area contributed by atoms with Gasteiger partial charge in [0.2, 0.25) is 16.9 Å². The topological polar surface area (TPSA) is 93.8 Å². The first kappa shape index (κ1) is 13.9. The fraction of sp³-hybridized carbons (Fsp3) is 0.500. The highest BCUT2D eigenvalue weighted by Gasteiger charge is 2.10. The molecule has 0 aliphatic heterocycles. The van der Waals surface area contributed by atoms with E-state index in [4.69, 9.17) is 16.1 Å². The van der Waals surface area contributed by atoms with Crippen LogP contribution in [0, 0.1) is 0 Å². The van der Waals surface area contributed by atoms with Crippen LogP contribution in [0.2, 0.25) is 0 Å². The quantitative estimate of drug-likeness (QED) is 0.818. The normalized spacial score (nSPS) is 10.6. The summed E-state index contributed by atoms with van der Waals surface area (Å²) in [5.74, 6) is 0.857. The summed E-state index contributed by atoms with van der Waals surface area (Å²) in [6.07, 6.45) is 1.41. The fourth-order valence-corrected chi connectivity index (χ4v) is 2.10. The SMILES string of the molecule is CCc1nnc(NC(=O)CCc2nc(CCl)no2)s1. The average Bonchev–Trinajstić information content (AvgIpc) is 3.04. The van der Waals surface area contributed by atoms with Crippen molar-refractivity contribution < 1.29 is 9.32 Å². The molecule has 0 aromatic carbocycles. The van der Waals surface area contributed by atoms with E-state index in [0.717, 1.165) is 11.4 Å². The van der Waals surface area contributed by atoms with E-state index in [9.17, 15) is 4.79 Å². The fourth-order valence-electron chi connectivity index (χ4n) is 1.30. The van der Waals surface area contributed by atoms with Gasteiger partial charge in [0.15, 0.2) is 5.82 Å². The number of carbonyl (C=O) groups is 1. The monoisotopic (exact) mass is 301 g/mol. The Labute approximate surface area is 118 Å². The van der Waals surface area contributed by atoms with E-state index in [1.807, 2.05) is 6.92 Å². The Bertz CT molecular complexity index is 556. The standard InChI is InChI=1S/C10H12ClN5O2S/c1-2-9-14-15-10(19-9)13-7(17)3-4-8-12-6(5-11)16-18-8/h2-5H2,1H3,(H,13,15,17). The molecule has 0 atom stereocenters. The average molecular weight is 302 g/mol. The molecule has 2 aromatic rings. The van der Waals surface area contributed by atoms with Crippen LogP contribution in [0.15, 0.2) is 4.52 Å². The molecule has 0 bridgehead atoms. The maximum Gasteiger partial charge on any atom is 0.227 e. The van der Waals surface area contributed by atoms with Crippen molar-refractivity contribution in [2.75, 3.05) is 5.32 Å². The van der Waals surface area contributed by atoms with Gasteiger partial charge in [-0.1, -0.05) is 23.4 Å². The zero-order chi connectivity index (χ0) is 13.7. The Morgan fingerprint density at radius 3 is 2.95 bits per heavy atom. The lowest BCUT2D eigenvalue weighted by molar-refractivity contribution is -0.116. The van der Waals surface area contributed by atoms with Crippen LogP contribution in [0.4, 0.5) is 5.13 Å². The zero-order valence-electron chi connectivity index (χ0n) is 10.2. The number of aryl methyl sites for hydroxylation is 2. The van der Waals surface area contributed by atoms with Gasteiger partial charge in [-0.3, -0.25) is 4.79 Å². The van der Waals surface area contributed by atoms with Crippen molar-refractivity contribution in [3.63, 3.8) is 0 Å². The van der Waals surface area contributed by atoms with Crippen molar-refractivity contribution in [2.45, 2.75) is 32.1 Å². The smallest absolute Gasteiger partial charge is 0.227 e. The van der Waals surface area contributed by atoms with Gasteiger partial charge in [0.1, 0.15) is 5.01 Å². The number of rotatable bonds is 6. The highest BCUT2D eigenvalue weighted by Crippen LogP contribution is 2.15. The van der Waals surface area contributed by atoms with Crippen molar-refractivity contribution in [2.24, 2.45) is 0 Å². The van der Waals surface area contributed by atoms with Crippen molar-refractivity contribution >= 4 is 34.0 Å². The first-order chi connectivity index (χ1) is 9.21. The van der Waals surface area contributed by atoms with Crippen LogP contribution in [0.5, 0.6) is 0 Å². The van der Waals surface area contributed by atoms with E-state index in [-0.39, 0.29) is 18.2 Å². The number of amides is 1. The van der Waals surface area contributed by atoms with Gasteiger partial charge in [0.25, 0.3) is 0 Å². The first-order valence-corrected chi connectivity index (χ1v) is 7.06. The van der Waals surface area contributed by atoms with Crippen LogP contribution in [0.1, 0.15) is 30.1 Å². The lowest BCUT2D eigenvalue weighted by atomic mass is 10.3. The molecule has 7 nitrogen and oxygen atoms in total. The highest BCUT2D eigenvalue weighted by molar-refractivity contribution is 7.15. The number of aromatic nitrogens is 4. The summed E-state index contributed by atoms with van der Waals surface area (Å²) >= 11 is 6.92. The van der Waals surface area contributed by atoms with Crippen molar-refractivity contribution in [1.82, 2.24) is 20.3 Å². The molecule has 2 aromatic heterocycles. The molecular weight excluding hydrogens is 290 g/mol. The van der Waals surface area contributed by atoms with Crippen LogP contribution in [-0.4, -0.2) is 26.2 Å². The van der Waals surface area contributed by atoms with Gasteiger partial charge in [0.05, 0.1) is 5.88 Å². The van der Waals surface area contributed by atoms with Gasteiger partial charge in [0, 0.05) is 12.8 Å². The lowest BCUT2D eigenvalue weighted by Gasteiger charge is -1.97. The second-order valence-corrected chi connectivity index (χ2v) is 4.97. The van der Waals surface area contributed by atoms with Gasteiger partial charge in [-0.2, -0.15) is 4.98 Å². The first-order valence-electron chi connectivity index (χ1n) is 5.71. The summed E-state index contributed by atoms with van der Waals surface area (Å²) in [6, 6.07) is 0. The molecule has 2 heterocycles. The minimum atomic E-state index is -0.163. The molecule has 0 unspecified atom stereocenters. The van der Waals surface area contributed by atoms with Crippen LogP contribution in [-0.2, 0) is 23.5 Å². The lowest BCUT2D eigenvalue weighted by Crippen LogP contribution is -2.12. The molecule has 9 heteroatoms. The molecule has 0 saturated carbocycles. The highest BCUT2D eigenvalue weighted by atomic mass is 35.5. The number of alkyl halides is 1. The van der Waals surface area contributed by atoms with E-state index in [2.05, 4.69) is 25.7 Å². The van der Waals surface area contributed by atoms with Gasteiger partial charge in [-0.25, -0.2) is 0 Å². The maximum atomic E-state index is 11.7. The number of halogens is 1. The summed E-state index contributed by atoms with van der Waals surface area (Å²) < 4.78 is 4.93. The van der Waals surface area contributed by atoms with Crippen molar-refractivity contribution in [1.29, 1.82) is 0 Å².